The predicted molar refractivity (Wildman–Crippen MR) is 88.1 cm³/mol. The van der Waals surface area contributed by atoms with E-state index in [2.05, 4.69) is 21.2 Å². The molecule has 0 aliphatic heterocycles. The number of benzene rings is 2. The van der Waals surface area contributed by atoms with Crippen molar-refractivity contribution in [3.8, 4) is 0 Å². The number of amides is 1. The predicted octanol–water partition coefficient (Wildman–Crippen LogP) is 4.50. The van der Waals surface area contributed by atoms with Crippen molar-refractivity contribution in [1.29, 1.82) is 0 Å². The van der Waals surface area contributed by atoms with Gasteiger partial charge in [-0.25, -0.2) is 0 Å². The highest BCUT2D eigenvalue weighted by atomic mass is 79.9. The average Bonchev–Trinajstić information content (AvgIpc) is 2.47. The topological polar surface area (TPSA) is 72.2 Å². The molecule has 22 heavy (non-hydrogen) atoms. The van der Waals surface area contributed by atoms with Crippen molar-refractivity contribution >= 4 is 39.1 Å². The minimum absolute atomic E-state index is 0.146. The number of nitro groups is 1. The highest BCUT2D eigenvalue weighted by molar-refractivity contribution is 9.10. The van der Waals surface area contributed by atoms with E-state index in [1.807, 2.05) is 19.1 Å². The number of hydrogen-bond acceptors (Lipinski definition) is 3. The van der Waals surface area contributed by atoms with Crippen LogP contribution in [0.4, 0.5) is 5.69 Å². The van der Waals surface area contributed by atoms with Gasteiger partial charge in [0.05, 0.1) is 15.4 Å². The maximum Gasteiger partial charge on any atom is 0.284 e. The summed E-state index contributed by atoms with van der Waals surface area (Å²) >= 11 is 8.91. The number of carbonyl (C=O) groups is 1. The van der Waals surface area contributed by atoms with Gasteiger partial charge in [0.25, 0.3) is 11.6 Å². The molecule has 0 saturated heterocycles. The maximum atomic E-state index is 12.2. The Bertz CT molecular complexity index is 719. The monoisotopic (exact) mass is 382 g/mol. The lowest BCUT2D eigenvalue weighted by Gasteiger charge is -2.14. The molecular weight excluding hydrogens is 372 g/mol. The minimum Gasteiger partial charge on any atom is -0.346 e. The molecule has 0 saturated carbocycles. The molecule has 114 valence electrons. The molecule has 0 heterocycles. The molecule has 0 radical (unpaired) electrons. The number of nitrogens with zero attached hydrogens (tertiary/aromatic N) is 1. The van der Waals surface area contributed by atoms with Crippen molar-refractivity contribution in [3.05, 3.63) is 73.2 Å². The van der Waals surface area contributed by atoms with Crippen LogP contribution in [0.25, 0.3) is 0 Å². The number of rotatable bonds is 4. The summed E-state index contributed by atoms with van der Waals surface area (Å²) in [5, 5.41) is 14.3. The minimum atomic E-state index is -0.538. The molecule has 0 bridgehead atoms. The molecule has 0 aliphatic rings. The molecule has 2 aromatic rings. The zero-order chi connectivity index (χ0) is 16.3. The van der Waals surface area contributed by atoms with Gasteiger partial charge in [-0.2, -0.15) is 0 Å². The third-order valence-corrected chi connectivity index (χ3v) is 4.05. The van der Waals surface area contributed by atoms with Gasteiger partial charge < -0.3 is 5.32 Å². The number of nitrogens with one attached hydrogen (secondary N) is 1. The Hall–Kier alpha value is -1.92. The maximum absolute atomic E-state index is 12.2. The molecule has 0 aliphatic carbocycles. The normalized spacial score (nSPS) is 11.8. The van der Waals surface area contributed by atoms with E-state index in [-0.39, 0.29) is 23.2 Å². The van der Waals surface area contributed by atoms with Gasteiger partial charge in [-0.15, -0.1) is 0 Å². The molecule has 1 N–H and O–H groups in total. The highest BCUT2D eigenvalue weighted by Gasteiger charge is 2.17. The van der Waals surface area contributed by atoms with Crippen molar-refractivity contribution in [3.63, 3.8) is 0 Å². The lowest BCUT2D eigenvalue weighted by atomic mass is 10.1. The Labute approximate surface area is 140 Å². The van der Waals surface area contributed by atoms with Gasteiger partial charge in [0, 0.05) is 16.7 Å². The van der Waals surface area contributed by atoms with Crippen LogP contribution in [0.15, 0.2) is 46.9 Å². The fourth-order valence-electron chi connectivity index (χ4n) is 1.91. The number of halogens is 2. The van der Waals surface area contributed by atoms with Gasteiger partial charge in [-0.1, -0.05) is 23.7 Å². The first kappa shape index (κ1) is 16.5. The smallest absolute Gasteiger partial charge is 0.284 e. The zero-order valence-corrected chi connectivity index (χ0v) is 13.9. The molecule has 2 aromatic carbocycles. The average molecular weight is 384 g/mol. The Morgan fingerprint density at radius 3 is 2.50 bits per heavy atom. The first-order valence-electron chi connectivity index (χ1n) is 6.38. The van der Waals surface area contributed by atoms with Crippen molar-refractivity contribution < 1.29 is 9.72 Å². The second-order valence-electron chi connectivity index (χ2n) is 4.67. The lowest BCUT2D eigenvalue weighted by Crippen LogP contribution is -2.26. The number of nitro benzene ring substituents is 1. The molecule has 1 amide bonds. The third-order valence-electron chi connectivity index (χ3n) is 3.12. The summed E-state index contributed by atoms with van der Waals surface area (Å²) in [6.45, 7) is 1.83. The summed E-state index contributed by atoms with van der Waals surface area (Å²) in [5.74, 6) is -0.377. The van der Waals surface area contributed by atoms with Crippen molar-refractivity contribution in [1.82, 2.24) is 5.32 Å². The molecular formula is C15H12BrClN2O3. The van der Waals surface area contributed by atoms with Crippen molar-refractivity contribution in [2.45, 2.75) is 13.0 Å². The van der Waals surface area contributed by atoms with Gasteiger partial charge >= 0.3 is 0 Å². The van der Waals surface area contributed by atoms with E-state index in [0.717, 1.165) is 5.56 Å². The van der Waals surface area contributed by atoms with Crippen LogP contribution in [0.1, 0.15) is 28.9 Å². The molecule has 1 atom stereocenters. The summed E-state index contributed by atoms with van der Waals surface area (Å²) in [6, 6.07) is 11.1. The largest absolute Gasteiger partial charge is 0.346 e. The second-order valence-corrected chi connectivity index (χ2v) is 5.96. The van der Waals surface area contributed by atoms with Gasteiger partial charge in [-0.05, 0) is 52.7 Å². The lowest BCUT2D eigenvalue weighted by molar-refractivity contribution is -0.385. The standard InChI is InChI=1S/C15H12BrClN2O3/c1-9(10-2-5-12(17)6-3-10)18-15(20)11-4-7-13(16)14(8-11)19(21)22/h2-9H,1H3,(H,18,20). The Kier molecular flexibility index (Phi) is 5.15. The van der Waals surface area contributed by atoms with Crippen LogP contribution in [0.3, 0.4) is 0 Å². The molecule has 5 nitrogen and oxygen atoms in total. The molecule has 7 heteroatoms. The fourth-order valence-corrected chi connectivity index (χ4v) is 2.43. The Morgan fingerprint density at radius 2 is 1.91 bits per heavy atom. The van der Waals surface area contributed by atoms with E-state index in [4.69, 9.17) is 11.6 Å². The van der Waals surface area contributed by atoms with Crippen LogP contribution in [-0.4, -0.2) is 10.8 Å². The van der Waals surface area contributed by atoms with Crippen molar-refractivity contribution in [2.75, 3.05) is 0 Å². The Morgan fingerprint density at radius 1 is 1.27 bits per heavy atom. The van der Waals surface area contributed by atoms with Gasteiger partial charge in [0.1, 0.15) is 0 Å². The van der Waals surface area contributed by atoms with E-state index in [1.54, 1.807) is 12.1 Å². The van der Waals surface area contributed by atoms with Gasteiger partial charge in [0.2, 0.25) is 0 Å². The SMILES string of the molecule is CC(NC(=O)c1ccc(Br)c([N+](=O)[O-])c1)c1ccc(Cl)cc1. The zero-order valence-electron chi connectivity index (χ0n) is 11.5. The second kappa shape index (κ2) is 6.89. The molecule has 0 fully saturated rings. The summed E-state index contributed by atoms with van der Waals surface area (Å²) in [5.41, 5.74) is 0.979. The van der Waals surface area contributed by atoms with Gasteiger partial charge in [0.15, 0.2) is 0 Å². The molecule has 0 aromatic heterocycles. The van der Waals surface area contributed by atoms with Crippen LogP contribution in [0, 0.1) is 10.1 Å². The highest BCUT2D eigenvalue weighted by Crippen LogP contribution is 2.26. The van der Waals surface area contributed by atoms with Gasteiger partial charge in [-0.3, -0.25) is 14.9 Å². The molecule has 1 unspecified atom stereocenters. The summed E-state index contributed by atoms with van der Waals surface area (Å²) in [6.07, 6.45) is 0. The van der Waals surface area contributed by atoms with Crippen LogP contribution >= 0.6 is 27.5 Å². The molecule has 0 spiro atoms. The van der Waals surface area contributed by atoms with Crippen LogP contribution in [0.2, 0.25) is 5.02 Å². The van der Waals surface area contributed by atoms with E-state index in [0.29, 0.717) is 9.50 Å². The first-order valence-corrected chi connectivity index (χ1v) is 7.56. The number of hydrogen-bond donors (Lipinski definition) is 1. The van der Waals surface area contributed by atoms with E-state index in [9.17, 15) is 14.9 Å². The summed E-state index contributed by atoms with van der Waals surface area (Å²) < 4.78 is 0.333. The Balaban J connectivity index is 2.16. The van der Waals surface area contributed by atoms with E-state index >= 15 is 0 Å². The van der Waals surface area contributed by atoms with Crippen LogP contribution in [-0.2, 0) is 0 Å². The molecule has 2 rings (SSSR count). The van der Waals surface area contributed by atoms with Crippen LogP contribution < -0.4 is 5.32 Å². The quantitative estimate of drug-likeness (QED) is 0.624. The summed E-state index contributed by atoms with van der Waals surface area (Å²) in [4.78, 5) is 22.6. The fraction of sp³-hybridized carbons (Fsp3) is 0.133. The number of carbonyl (C=O) groups excluding carboxylic acids is 1. The van der Waals surface area contributed by atoms with E-state index < -0.39 is 4.92 Å². The summed E-state index contributed by atoms with van der Waals surface area (Å²) in [7, 11) is 0. The van der Waals surface area contributed by atoms with E-state index in [1.165, 1.54) is 18.2 Å². The van der Waals surface area contributed by atoms with Crippen molar-refractivity contribution in [2.24, 2.45) is 0 Å². The third kappa shape index (κ3) is 3.84. The van der Waals surface area contributed by atoms with Crippen LogP contribution in [0.5, 0.6) is 0 Å². The first-order chi connectivity index (χ1) is 10.4.